The maximum atomic E-state index is 11.9. The van der Waals surface area contributed by atoms with Gasteiger partial charge in [0, 0.05) is 6.42 Å². The van der Waals surface area contributed by atoms with Crippen molar-refractivity contribution in [3.05, 3.63) is 23.8 Å². The number of methoxy groups -OCH3 is 2. The second-order valence-electron chi connectivity index (χ2n) is 4.87. The van der Waals surface area contributed by atoms with Gasteiger partial charge in [-0.2, -0.15) is 0 Å². The number of ketones is 1. The summed E-state index contributed by atoms with van der Waals surface area (Å²) in [7, 11) is 2.52. The van der Waals surface area contributed by atoms with Crippen LogP contribution in [0, 0.1) is 5.41 Å². The highest BCUT2D eigenvalue weighted by molar-refractivity contribution is 6.01. The first-order chi connectivity index (χ1) is 9.46. The molecule has 0 saturated carbocycles. The zero-order chi connectivity index (χ0) is 15.2. The van der Waals surface area contributed by atoms with Gasteiger partial charge in [-0.05, 0) is 26.2 Å². The van der Waals surface area contributed by atoms with E-state index < -0.39 is 17.4 Å². The summed E-state index contributed by atoms with van der Waals surface area (Å²) in [5.41, 5.74) is -0.381. The molecule has 0 spiro atoms. The summed E-state index contributed by atoms with van der Waals surface area (Å²) in [6.07, 6.45) is 7.23. The molecule has 0 radical (unpaired) electrons. The largest absolute Gasteiger partial charge is 0.468 e. The lowest BCUT2D eigenvalue weighted by atomic mass is 9.84. The molecule has 0 fully saturated rings. The Kier molecular flexibility index (Phi) is 5.67. The van der Waals surface area contributed by atoms with E-state index in [1.54, 1.807) is 6.92 Å². The van der Waals surface area contributed by atoms with Gasteiger partial charge in [0.25, 0.3) is 0 Å². The van der Waals surface area contributed by atoms with Crippen molar-refractivity contribution in [3.8, 4) is 0 Å². The van der Waals surface area contributed by atoms with Gasteiger partial charge in [-0.15, -0.1) is 0 Å². The van der Waals surface area contributed by atoms with Crippen LogP contribution in [0.1, 0.15) is 32.6 Å². The molecule has 110 valence electrons. The van der Waals surface area contributed by atoms with Crippen molar-refractivity contribution in [2.45, 2.75) is 32.6 Å². The Bertz CT molecular complexity index is 443. The number of carbonyl (C=O) groups excluding carboxylic acids is 3. The molecular weight excluding hydrogens is 260 g/mol. The van der Waals surface area contributed by atoms with Gasteiger partial charge in [-0.25, -0.2) is 0 Å². The Hall–Kier alpha value is -1.91. The average molecular weight is 280 g/mol. The van der Waals surface area contributed by atoms with Crippen LogP contribution in [0.5, 0.6) is 0 Å². The highest BCUT2D eigenvalue weighted by atomic mass is 16.5. The number of ether oxygens (including phenoxy) is 2. The summed E-state index contributed by atoms with van der Waals surface area (Å²) < 4.78 is 9.45. The van der Waals surface area contributed by atoms with Crippen LogP contribution in [0.15, 0.2) is 23.8 Å². The molecule has 5 heteroatoms. The first-order valence-corrected chi connectivity index (χ1v) is 6.48. The monoisotopic (exact) mass is 280 g/mol. The molecule has 0 aromatic rings. The SMILES string of the molecule is COC(=O)C1(C(=O)OC)CC=C(/C=C\CCC(C)=O)C1. The molecule has 0 aromatic heterocycles. The zero-order valence-corrected chi connectivity index (χ0v) is 12.1. The number of Topliss-reactive ketones (excluding diaryl/α,β-unsaturated/α-hetero) is 1. The molecule has 5 nitrogen and oxygen atoms in total. The van der Waals surface area contributed by atoms with Gasteiger partial charge < -0.3 is 14.3 Å². The highest BCUT2D eigenvalue weighted by Gasteiger charge is 2.50. The van der Waals surface area contributed by atoms with E-state index in [-0.39, 0.29) is 18.6 Å². The van der Waals surface area contributed by atoms with E-state index in [1.807, 2.05) is 18.2 Å². The van der Waals surface area contributed by atoms with Crippen LogP contribution >= 0.6 is 0 Å². The molecule has 0 atom stereocenters. The van der Waals surface area contributed by atoms with E-state index in [9.17, 15) is 14.4 Å². The third kappa shape index (κ3) is 3.56. The minimum absolute atomic E-state index is 0.133. The van der Waals surface area contributed by atoms with Crippen LogP contribution in [0.2, 0.25) is 0 Å². The predicted molar refractivity (Wildman–Crippen MR) is 72.8 cm³/mol. The fourth-order valence-corrected chi connectivity index (χ4v) is 2.23. The smallest absolute Gasteiger partial charge is 0.323 e. The quantitative estimate of drug-likeness (QED) is 0.549. The van der Waals surface area contributed by atoms with Gasteiger partial charge in [-0.1, -0.05) is 23.8 Å². The summed E-state index contributed by atoms with van der Waals surface area (Å²) in [4.78, 5) is 34.6. The fraction of sp³-hybridized carbons (Fsp3) is 0.533. The first kappa shape index (κ1) is 16.1. The lowest BCUT2D eigenvalue weighted by molar-refractivity contribution is -0.168. The van der Waals surface area contributed by atoms with Crippen molar-refractivity contribution in [1.29, 1.82) is 0 Å². The topological polar surface area (TPSA) is 69.7 Å². The van der Waals surface area contributed by atoms with Crippen LogP contribution in [0.3, 0.4) is 0 Å². The Labute approximate surface area is 118 Å². The molecular formula is C15H20O5. The minimum atomic E-state index is -1.26. The summed E-state index contributed by atoms with van der Waals surface area (Å²) >= 11 is 0. The molecule has 0 N–H and O–H groups in total. The molecule has 20 heavy (non-hydrogen) atoms. The lowest BCUT2D eigenvalue weighted by Crippen LogP contribution is -2.39. The molecule has 0 bridgehead atoms. The number of hydrogen-bond acceptors (Lipinski definition) is 5. The standard InChI is InChI=1S/C15H20O5/c1-11(16)6-4-5-7-12-8-9-15(10-12,13(17)19-2)14(18)20-3/h5,7-8H,4,6,9-10H2,1-3H3/b7-5-. The third-order valence-corrected chi connectivity index (χ3v) is 3.37. The summed E-state index contributed by atoms with van der Waals surface area (Å²) in [5.74, 6) is -1.02. The van der Waals surface area contributed by atoms with Gasteiger partial charge in [0.1, 0.15) is 5.78 Å². The molecule has 0 saturated heterocycles. The highest BCUT2D eigenvalue weighted by Crippen LogP contribution is 2.40. The van der Waals surface area contributed by atoms with Gasteiger partial charge in [0.15, 0.2) is 5.41 Å². The second-order valence-corrected chi connectivity index (χ2v) is 4.87. The molecule has 0 unspecified atom stereocenters. The number of rotatable bonds is 6. The Morgan fingerprint density at radius 2 is 1.85 bits per heavy atom. The molecule has 0 amide bonds. The van der Waals surface area contributed by atoms with Gasteiger partial charge in [0.2, 0.25) is 0 Å². The number of allylic oxidation sites excluding steroid dienone is 4. The predicted octanol–water partition coefficient (Wildman–Crippen LogP) is 1.96. The van der Waals surface area contributed by atoms with Crippen molar-refractivity contribution < 1.29 is 23.9 Å². The van der Waals surface area contributed by atoms with E-state index in [0.29, 0.717) is 12.8 Å². The normalized spacial score (nSPS) is 16.9. The second kappa shape index (κ2) is 7.03. The maximum Gasteiger partial charge on any atom is 0.323 e. The number of hydrogen-bond donors (Lipinski definition) is 0. The van der Waals surface area contributed by atoms with Gasteiger partial charge in [0.05, 0.1) is 14.2 Å². The van der Waals surface area contributed by atoms with Crippen LogP contribution in [0.4, 0.5) is 0 Å². The minimum Gasteiger partial charge on any atom is -0.468 e. The van der Waals surface area contributed by atoms with Crippen molar-refractivity contribution in [2.75, 3.05) is 14.2 Å². The van der Waals surface area contributed by atoms with E-state index in [1.165, 1.54) is 14.2 Å². The fourth-order valence-electron chi connectivity index (χ4n) is 2.23. The van der Waals surface area contributed by atoms with Gasteiger partial charge >= 0.3 is 11.9 Å². The summed E-state index contributed by atoms with van der Waals surface area (Å²) in [6, 6.07) is 0. The van der Waals surface area contributed by atoms with E-state index in [2.05, 4.69) is 0 Å². The van der Waals surface area contributed by atoms with Crippen molar-refractivity contribution in [2.24, 2.45) is 5.41 Å². The zero-order valence-electron chi connectivity index (χ0n) is 12.1. The maximum absolute atomic E-state index is 11.9. The number of carbonyl (C=O) groups is 3. The Morgan fingerprint density at radius 3 is 2.35 bits per heavy atom. The van der Waals surface area contributed by atoms with Crippen LogP contribution < -0.4 is 0 Å². The molecule has 1 aliphatic rings. The molecule has 0 aliphatic heterocycles. The van der Waals surface area contributed by atoms with Crippen LogP contribution in [0.25, 0.3) is 0 Å². The Balaban J connectivity index is 2.71. The van der Waals surface area contributed by atoms with E-state index in [4.69, 9.17) is 9.47 Å². The number of esters is 2. The van der Waals surface area contributed by atoms with Crippen molar-refractivity contribution >= 4 is 17.7 Å². The van der Waals surface area contributed by atoms with Crippen LogP contribution in [-0.2, 0) is 23.9 Å². The first-order valence-electron chi connectivity index (χ1n) is 6.48. The Morgan fingerprint density at radius 1 is 1.25 bits per heavy atom. The average Bonchev–Trinajstić information content (AvgIpc) is 2.87. The van der Waals surface area contributed by atoms with E-state index >= 15 is 0 Å². The summed E-state index contributed by atoms with van der Waals surface area (Å²) in [5, 5.41) is 0. The molecule has 0 aromatic carbocycles. The summed E-state index contributed by atoms with van der Waals surface area (Å²) in [6.45, 7) is 1.54. The van der Waals surface area contributed by atoms with Crippen LogP contribution in [-0.4, -0.2) is 31.9 Å². The van der Waals surface area contributed by atoms with Crippen molar-refractivity contribution in [3.63, 3.8) is 0 Å². The van der Waals surface area contributed by atoms with E-state index in [0.717, 1.165) is 5.57 Å². The molecule has 1 aliphatic carbocycles. The van der Waals surface area contributed by atoms with Crippen molar-refractivity contribution in [1.82, 2.24) is 0 Å². The molecule has 0 heterocycles. The third-order valence-electron chi connectivity index (χ3n) is 3.37. The molecule has 1 rings (SSSR count). The van der Waals surface area contributed by atoms with Gasteiger partial charge in [-0.3, -0.25) is 9.59 Å². The lowest BCUT2D eigenvalue weighted by Gasteiger charge is -2.22.